The Balaban J connectivity index is 1.56. The molecule has 1 fully saturated rings. The third kappa shape index (κ3) is 3.69. The number of carboxylic acid groups (broad SMARTS) is 1. The molecule has 2 aliphatic rings. The lowest BCUT2D eigenvalue weighted by atomic mass is 10.1. The number of hydrogen-bond acceptors (Lipinski definition) is 5. The third-order valence-corrected chi connectivity index (χ3v) is 2.87. The van der Waals surface area contributed by atoms with Gasteiger partial charge in [-0.05, 0) is 25.8 Å². The van der Waals surface area contributed by atoms with Gasteiger partial charge in [-0.15, -0.1) is 0 Å². The summed E-state index contributed by atoms with van der Waals surface area (Å²) < 4.78 is 0. The summed E-state index contributed by atoms with van der Waals surface area (Å²) in [6.45, 7) is 1.44. The van der Waals surface area contributed by atoms with Crippen LogP contribution in [0.5, 0.6) is 0 Å². The van der Waals surface area contributed by atoms with Gasteiger partial charge in [0.15, 0.2) is 5.71 Å². The quantitative estimate of drug-likeness (QED) is 0.531. The highest BCUT2D eigenvalue weighted by molar-refractivity contribution is 6.36. The number of aliphatic carboxylic acids is 1. The normalized spacial score (nSPS) is 22.2. The fourth-order valence-corrected chi connectivity index (χ4v) is 1.65. The highest BCUT2D eigenvalue weighted by Crippen LogP contribution is 2.18. The van der Waals surface area contributed by atoms with E-state index in [0.29, 0.717) is 12.6 Å². The minimum absolute atomic E-state index is 0.0293. The van der Waals surface area contributed by atoms with Crippen LogP contribution in [0.4, 0.5) is 0 Å². The number of nitrogens with zero attached hydrogens (tertiary/aromatic N) is 1. The molecule has 1 aliphatic heterocycles. The van der Waals surface area contributed by atoms with E-state index in [-0.39, 0.29) is 18.0 Å². The molecule has 2 rings (SSSR count). The van der Waals surface area contributed by atoms with Crippen molar-refractivity contribution in [2.45, 2.75) is 37.8 Å². The molecule has 3 N–H and O–H groups in total. The first kappa shape index (κ1) is 12.8. The summed E-state index contributed by atoms with van der Waals surface area (Å²) in [6.07, 6.45) is 2.57. The van der Waals surface area contributed by atoms with Gasteiger partial charge in [-0.3, -0.25) is 4.79 Å². The molecule has 1 amide bonds. The molecule has 100 valence electrons. The van der Waals surface area contributed by atoms with E-state index >= 15 is 0 Å². The van der Waals surface area contributed by atoms with Crippen molar-refractivity contribution in [2.75, 3.05) is 13.1 Å². The smallest absolute Gasteiger partial charge is 0.353 e. The molecular weight excluding hydrogens is 238 g/mol. The molecule has 7 nitrogen and oxygen atoms in total. The van der Waals surface area contributed by atoms with E-state index in [1.54, 1.807) is 0 Å². The number of amides is 1. The molecular formula is C11H17N3O4. The Bertz CT molecular complexity index is 365. The van der Waals surface area contributed by atoms with Gasteiger partial charge in [-0.2, -0.15) is 0 Å². The van der Waals surface area contributed by atoms with Crippen LogP contribution in [0.1, 0.15) is 25.7 Å². The number of carbonyl (C=O) groups is 2. The first-order chi connectivity index (χ1) is 8.66. The van der Waals surface area contributed by atoms with Crippen molar-refractivity contribution in [3.8, 4) is 0 Å². The summed E-state index contributed by atoms with van der Waals surface area (Å²) in [4.78, 5) is 27.0. The van der Waals surface area contributed by atoms with Gasteiger partial charge in [0.05, 0.1) is 0 Å². The number of rotatable bonds is 7. The Hall–Kier alpha value is -1.63. The molecule has 18 heavy (non-hydrogen) atoms. The van der Waals surface area contributed by atoms with Gasteiger partial charge in [0.1, 0.15) is 0 Å². The molecule has 1 heterocycles. The summed E-state index contributed by atoms with van der Waals surface area (Å²) in [5, 5.41) is 18.1. The monoisotopic (exact) mass is 255 g/mol. The maximum atomic E-state index is 11.6. The van der Waals surface area contributed by atoms with E-state index in [0.717, 1.165) is 13.0 Å². The fourth-order valence-electron chi connectivity index (χ4n) is 1.65. The number of carboxylic acids is 1. The molecule has 0 bridgehead atoms. The van der Waals surface area contributed by atoms with Crippen LogP contribution >= 0.6 is 0 Å². The van der Waals surface area contributed by atoms with Gasteiger partial charge in [-0.25, -0.2) is 4.79 Å². The fraction of sp³-hybridized carbons (Fsp3) is 0.727. The van der Waals surface area contributed by atoms with E-state index in [4.69, 9.17) is 9.94 Å². The Labute approximate surface area is 105 Å². The highest BCUT2D eigenvalue weighted by atomic mass is 16.6. The molecule has 0 aromatic heterocycles. The molecule has 0 aromatic carbocycles. The van der Waals surface area contributed by atoms with E-state index in [1.165, 1.54) is 12.8 Å². The first-order valence-electron chi connectivity index (χ1n) is 6.14. The Morgan fingerprint density at radius 3 is 2.78 bits per heavy atom. The SMILES string of the molecule is O=C(O)C1=NOC(C(=O)NCCCNC2CC2)C1. The van der Waals surface area contributed by atoms with Crippen molar-refractivity contribution in [2.24, 2.45) is 5.16 Å². The van der Waals surface area contributed by atoms with Crippen LogP contribution in [0.2, 0.25) is 0 Å². The van der Waals surface area contributed by atoms with Crippen molar-refractivity contribution in [3.05, 3.63) is 0 Å². The summed E-state index contributed by atoms with van der Waals surface area (Å²) >= 11 is 0. The minimum atomic E-state index is -1.14. The van der Waals surface area contributed by atoms with E-state index in [1.807, 2.05) is 0 Å². The van der Waals surface area contributed by atoms with Crippen LogP contribution in [-0.4, -0.2) is 47.9 Å². The zero-order chi connectivity index (χ0) is 13.0. The van der Waals surface area contributed by atoms with Gasteiger partial charge in [-0.1, -0.05) is 5.16 Å². The maximum Gasteiger partial charge on any atom is 0.353 e. The molecule has 1 atom stereocenters. The van der Waals surface area contributed by atoms with Crippen LogP contribution in [0.25, 0.3) is 0 Å². The van der Waals surface area contributed by atoms with Gasteiger partial charge in [0.25, 0.3) is 5.91 Å². The summed E-state index contributed by atoms with van der Waals surface area (Å²) in [5.41, 5.74) is -0.106. The third-order valence-electron chi connectivity index (χ3n) is 2.87. The molecule has 0 spiro atoms. The molecule has 0 saturated heterocycles. The molecule has 1 unspecified atom stereocenters. The minimum Gasteiger partial charge on any atom is -0.477 e. The lowest BCUT2D eigenvalue weighted by Crippen LogP contribution is -2.36. The average molecular weight is 255 g/mol. The first-order valence-corrected chi connectivity index (χ1v) is 6.14. The van der Waals surface area contributed by atoms with Gasteiger partial charge < -0.3 is 20.6 Å². The molecule has 0 radical (unpaired) electrons. The zero-order valence-electron chi connectivity index (χ0n) is 10.0. The molecule has 7 heteroatoms. The van der Waals surface area contributed by atoms with Crippen molar-refractivity contribution < 1.29 is 19.5 Å². The van der Waals surface area contributed by atoms with Gasteiger partial charge in [0, 0.05) is 19.0 Å². The zero-order valence-corrected chi connectivity index (χ0v) is 10.0. The van der Waals surface area contributed by atoms with Crippen molar-refractivity contribution in [3.63, 3.8) is 0 Å². The van der Waals surface area contributed by atoms with E-state index < -0.39 is 12.1 Å². The van der Waals surface area contributed by atoms with Gasteiger partial charge in [0.2, 0.25) is 6.10 Å². The standard InChI is InChI=1S/C11H17N3O4/c15-10(9-6-8(11(16)17)14-18-9)13-5-1-4-12-7-2-3-7/h7,9,12H,1-6H2,(H,13,15)(H,16,17). The second-order valence-corrected chi connectivity index (χ2v) is 4.51. The number of carbonyl (C=O) groups excluding carboxylic acids is 1. The largest absolute Gasteiger partial charge is 0.477 e. The number of nitrogens with one attached hydrogen (secondary N) is 2. The maximum absolute atomic E-state index is 11.6. The van der Waals surface area contributed by atoms with Crippen LogP contribution in [0.3, 0.4) is 0 Å². The van der Waals surface area contributed by atoms with Crippen molar-refractivity contribution >= 4 is 17.6 Å². The second kappa shape index (κ2) is 5.81. The summed E-state index contributed by atoms with van der Waals surface area (Å²) in [5.74, 6) is -1.44. The highest BCUT2D eigenvalue weighted by Gasteiger charge is 2.31. The van der Waals surface area contributed by atoms with Crippen molar-refractivity contribution in [1.82, 2.24) is 10.6 Å². The number of hydrogen-bond donors (Lipinski definition) is 3. The Morgan fingerprint density at radius 2 is 2.17 bits per heavy atom. The molecule has 0 aromatic rings. The number of oxime groups is 1. The second-order valence-electron chi connectivity index (χ2n) is 4.51. The van der Waals surface area contributed by atoms with Crippen LogP contribution in [0, 0.1) is 0 Å². The van der Waals surface area contributed by atoms with E-state index in [2.05, 4.69) is 15.8 Å². The van der Waals surface area contributed by atoms with Gasteiger partial charge >= 0.3 is 5.97 Å². The lowest BCUT2D eigenvalue weighted by Gasteiger charge is -2.09. The lowest BCUT2D eigenvalue weighted by molar-refractivity contribution is -0.131. The molecule has 1 saturated carbocycles. The predicted octanol–water partition coefficient (Wildman–Crippen LogP) is -0.526. The summed E-state index contributed by atoms with van der Waals surface area (Å²) in [6, 6.07) is 0.672. The Kier molecular flexibility index (Phi) is 4.14. The van der Waals surface area contributed by atoms with Crippen LogP contribution in [0.15, 0.2) is 5.16 Å². The topological polar surface area (TPSA) is 100 Å². The van der Waals surface area contributed by atoms with Crippen LogP contribution < -0.4 is 10.6 Å². The Morgan fingerprint density at radius 1 is 1.39 bits per heavy atom. The van der Waals surface area contributed by atoms with Crippen LogP contribution in [-0.2, 0) is 14.4 Å². The summed E-state index contributed by atoms with van der Waals surface area (Å²) in [7, 11) is 0. The predicted molar refractivity (Wildman–Crippen MR) is 63.2 cm³/mol. The molecule has 1 aliphatic carbocycles. The van der Waals surface area contributed by atoms with Crippen molar-refractivity contribution in [1.29, 1.82) is 0 Å². The average Bonchev–Trinajstić information content (AvgIpc) is 3.02. The van der Waals surface area contributed by atoms with E-state index in [9.17, 15) is 9.59 Å².